The predicted molar refractivity (Wildman–Crippen MR) is 105 cm³/mol. The molecule has 0 aromatic heterocycles. The van der Waals surface area contributed by atoms with E-state index in [-0.39, 0.29) is 17.8 Å². The summed E-state index contributed by atoms with van der Waals surface area (Å²) in [6, 6.07) is 14.6. The third-order valence-electron chi connectivity index (χ3n) is 5.19. The molecule has 2 heterocycles. The van der Waals surface area contributed by atoms with E-state index in [1.807, 2.05) is 36.4 Å². The zero-order valence-electron chi connectivity index (χ0n) is 15.2. The maximum absolute atomic E-state index is 13.1. The zero-order chi connectivity index (χ0) is 18.6. The second kappa shape index (κ2) is 7.96. The number of rotatable bonds is 4. The molecule has 0 aliphatic carbocycles. The van der Waals surface area contributed by atoms with Crippen molar-refractivity contribution in [2.24, 2.45) is 0 Å². The van der Waals surface area contributed by atoms with Crippen LogP contribution >= 0.6 is 0 Å². The quantitative estimate of drug-likeness (QED) is 0.898. The van der Waals surface area contributed by atoms with Crippen LogP contribution in [0.25, 0.3) is 0 Å². The molecule has 2 fully saturated rings. The van der Waals surface area contributed by atoms with E-state index in [2.05, 4.69) is 15.1 Å². The van der Waals surface area contributed by atoms with Crippen molar-refractivity contribution in [1.29, 1.82) is 0 Å². The summed E-state index contributed by atoms with van der Waals surface area (Å²) < 4.78 is 18.5. The van der Waals surface area contributed by atoms with Gasteiger partial charge in [0.2, 0.25) is 0 Å². The van der Waals surface area contributed by atoms with E-state index in [9.17, 15) is 9.18 Å². The number of amides is 1. The van der Waals surface area contributed by atoms with Crippen molar-refractivity contribution in [1.82, 2.24) is 0 Å². The molecule has 0 bridgehead atoms. The molecule has 1 N–H and O–H groups in total. The molecule has 27 heavy (non-hydrogen) atoms. The zero-order valence-corrected chi connectivity index (χ0v) is 15.2. The Morgan fingerprint density at radius 1 is 0.926 bits per heavy atom. The maximum atomic E-state index is 13.1. The van der Waals surface area contributed by atoms with Gasteiger partial charge in [0, 0.05) is 49.8 Å². The van der Waals surface area contributed by atoms with Crippen LogP contribution in [0.15, 0.2) is 48.5 Å². The lowest BCUT2D eigenvalue weighted by Crippen LogP contribution is -2.46. The molecular weight excluding hydrogens is 345 g/mol. The molecule has 1 unspecified atom stereocenters. The van der Waals surface area contributed by atoms with Crippen LogP contribution in [-0.4, -0.2) is 44.8 Å². The third-order valence-corrected chi connectivity index (χ3v) is 5.19. The van der Waals surface area contributed by atoms with Crippen molar-refractivity contribution in [2.75, 3.05) is 47.9 Å². The van der Waals surface area contributed by atoms with Gasteiger partial charge in [-0.3, -0.25) is 4.79 Å². The van der Waals surface area contributed by atoms with Crippen molar-refractivity contribution in [3.05, 3.63) is 54.3 Å². The van der Waals surface area contributed by atoms with E-state index in [0.29, 0.717) is 6.61 Å². The molecule has 2 aromatic rings. The number of piperazine rings is 1. The van der Waals surface area contributed by atoms with Crippen LogP contribution in [0.4, 0.5) is 21.5 Å². The lowest BCUT2D eigenvalue weighted by Gasteiger charge is -2.37. The number of carbonyl (C=O) groups is 1. The first-order valence-corrected chi connectivity index (χ1v) is 9.47. The molecule has 1 amide bonds. The van der Waals surface area contributed by atoms with E-state index < -0.39 is 0 Å². The highest BCUT2D eigenvalue weighted by Gasteiger charge is 2.23. The minimum absolute atomic E-state index is 0.0619. The van der Waals surface area contributed by atoms with Crippen molar-refractivity contribution >= 4 is 23.0 Å². The molecule has 2 aliphatic heterocycles. The Bertz CT molecular complexity index is 765. The first-order chi connectivity index (χ1) is 13.2. The highest BCUT2D eigenvalue weighted by Crippen LogP contribution is 2.23. The molecule has 0 saturated carbocycles. The molecular formula is C21H24FN3O2. The van der Waals surface area contributed by atoms with E-state index >= 15 is 0 Å². The number of nitrogens with one attached hydrogen (secondary N) is 1. The van der Waals surface area contributed by atoms with Gasteiger partial charge >= 0.3 is 0 Å². The number of halogens is 1. The summed E-state index contributed by atoms with van der Waals surface area (Å²) in [7, 11) is 0. The van der Waals surface area contributed by atoms with Crippen LogP contribution in [-0.2, 0) is 9.53 Å². The number of anilines is 3. The molecule has 0 radical (unpaired) electrons. The summed E-state index contributed by atoms with van der Waals surface area (Å²) in [6.45, 7) is 4.26. The van der Waals surface area contributed by atoms with Crippen LogP contribution in [0.5, 0.6) is 0 Å². The van der Waals surface area contributed by atoms with Crippen molar-refractivity contribution in [2.45, 2.75) is 18.9 Å². The van der Waals surface area contributed by atoms with Crippen LogP contribution in [0.1, 0.15) is 12.8 Å². The van der Waals surface area contributed by atoms with Gasteiger partial charge in [0.25, 0.3) is 5.91 Å². The third kappa shape index (κ3) is 4.22. The second-order valence-electron chi connectivity index (χ2n) is 6.99. The summed E-state index contributed by atoms with van der Waals surface area (Å²) in [5.74, 6) is -0.266. The fourth-order valence-corrected chi connectivity index (χ4v) is 3.64. The molecule has 4 rings (SSSR count). The second-order valence-corrected chi connectivity index (χ2v) is 6.99. The summed E-state index contributed by atoms with van der Waals surface area (Å²) >= 11 is 0. The van der Waals surface area contributed by atoms with Gasteiger partial charge in [0.05, 0.1) is 0 Å². The number of ether oxygens (including phenoxy) is 1. The standard InChI is InChI=1S/C21H24FN3O2/c22-16-3-7-18(8-4-16)24-11-13-25(14-12-24)19-9-5-17(6-10-19)23-21(26)20-2-1-15-27-20/h3-10,20H,1-2,11-15H2,(H,23,26). The number of nitrogens with zero attached hydrogens (tertiary/aromatic N) is 2. The molecule has 142 valence electrons. The molecule has 2 saturated heterocycles. The summed E-state index contributed by atoms with van der Waals surface area (Å²) in [5.41, 5.74) is 3.00. The lowest BCUT2D eigenvalue weighted by molar-refractivity contribution is -0.124. The highest BCUT2D eigenvalue weighted by molar-refractivity contribution is 5.94. The van der Waals surface area contributed by atoms with Crippen molar-refractivity contribution in [3.63, 3.8) is 0 Å². The van der Waals surface area contributed by atoms with E-state index in [1.165, 1.54) is 12.1 Å². The van der Waals surface area contributed by atoms with Gasteiger partial charge < -0.3 is 19.9 Å². The Morgan fingerprint density at radius 2 is 1.48 bits per heavy atom. The van der Waals surface area contributed by atoms with Gasteiger partial charge in [-0.1, -0.05) is 0 Å². The van der Waals surface area contributed by atoms with Gasteiger partial charge in [-0.05, 0) is 61.4 Å². The van der Waals surface area contributed by atoms with Gasteiger partial charge in [-0.25, -0.2) is 4.39 Å². The molecule has 1 atom stereocenters. The monoisotopic (exact) mass is 369 g/mol. The van der Waals surface area contributed by atoms with E-state index in [0.717, 1.165) is 56.1 Å². The molecule has 2 aliphatic rings. The minimum Gasteiger partial charge on any atom is -0.368 e. The molecule has 5 nitrogen and oxygen atoms in total. The first kappa shape index (κ1) is 17.8. The Labute approximate surface area is 158 Å². The summed E-state index contributed by atoms with van der Waals surface area (Å²) in [6.07, 6.45) is 1.42. The fourth-order valence-electron chi connectivity index (χ4n) is 3.64. The van der Waals surface area contributed by atoms with Gasteiger partial charge in [-0.15, -0.1) is 0 Å². The van der Waals surface area contributed by atoms with Crippen LogP contribution in [0.3, 0.4) is 0 Å². The SMILES string of the molecule is O=C(Nc1ccc(N2CCN(c3ccc(F)cc3)CC2)cc1)C1CCCO1. The minimum atomic E-state index is -0.316. The van der Waals surface area contributed by atoms with E-state index in [4.69, 9.17) is 4.74 Å². The smallest absolute Gasteiger partial charge is 0.253 e. The van der Waals surface area contributed by atoms with Crippen LogP contribution in [0, 0.1) is 5.82 Å². The maximum Gasteiger partial charge on any atom is 0.253 e. The Kier molecular flexibility index (Phi) is 5.25. The van der Waals surface area contributed by atoms with Crippen LogP contribution in [0.2, 0.25) is 0 Å². The fraction of sp³-hybridized carbons (Fsp3) is 0.381. The number of hydrogen-bond donors (Lipinski definition) is 1. The average Bonchev–Trinajstić information content (AvgIpc) is 3.24. The lowest BCUT2D eigenvalue weighted by atomic mass is 10.2. The molecule has 6 heteroatoms. The van der Waals surface area contributed by atoms with Gasteiger partial charge in [-0.2, -0.15) is 0 Å². The predicted octanol–water partition coefficient (Wildman–Crippen LogP) is 3.27. The average molecular weight is 369 g/mol. The van der Waals surface area contributed by atoms with Crippen molar-refractivity contribution in [3.8, 4) is 0 Å². The normalized spacial score (nSPS) is 20.0. The number of hydrogen-bond acceptors (Lipinski definition) is 4. The van der Waals surface area contributed by atoms with E-state index in [1.54, 1.807) is 0 Å². The molecule has 0 spiro atoms. The van der Waals surface area contributed by atoms with Crippen LogP contribution < -0.4 is 15.1 Å². The largest absolute Gasteiger partial charge is 0.368 e. The Balaban J connectivity index is 1.32. The highest BCUT2D eigenvalue weighted by atomic mass is 19.1. The van der Waals surface area contributed by atoms with Gasteiger partial charge in [0.1, 0.15) is 11.9 Å². The topological polar surface area (TPSA) is 44.8 Å². The Morgan fingerprint density at radius 3 is 2.00 bits per heavy atom. The summed E-state index contributed by atoms with van der Waals surface area (Å²) in [4.78, 5) is 16.7. The number of benzene rings is 2. The Hall–Kier alpha value is -2.60. The molecule has 2 aromatic carbocycles. The summed E-state index contributed by atoms with van der Waals surface area (Å²) in [5, 5.41) is 2.93. The van der Waals surface area contributed by atoms with Gasteiger partial charge in [0.15, 0.2) is 0 Å². The van der Waals surface area contributed by atoms with Crippen molar-refractivity contribution < 1.29 is 13.9 Å². The number of carbonyl (C=O) groups excluding carboxylic acids is 1. The first-order valence-electron chi connectivity index (χ1n) is 9.47.